The largest absolute Gasteiger partial charge is 0.485 e. The van der Waals surface area contributed by atoms with Gasteiger partial charge in [0.05, 0.1) is 28.2 Å². The molecular formula is C99H94O26. The van der Waals surface area contributed by atoms with Gasteiger partial charge < -0.3 is 105 Å². The number of hydrogen-bond acceptors (Lipinski definition) is 24. The zero-order valence-corrected chi connectivity index (χ0v) is 69.3. The van der Waals surface area contributed by atoms with Crippen LogP contribution >= 0.6 is 0 Å². The maximum atomic E-state index is 16.7. The highest BCUT2D eigenvalue weighted by Crippen LogP contribution is 2.59. The average Bonchev–Trinajstić information content (AvgIpc) is 0.718. The molecule has 125 heavy (non-hydrogen) atoms. The topological polar surface area (TPSA) is 293 Å². The van der Waals surface area contributed by atoms with Crippen molar-refractivity contribution < 1.29 is 124 Å². The van der Waals surface area contributed by atoms with E-state index < -0.39 is 85.5 Å². The van der Waals surface area contributed by atoms with Crippen LogP contribution in [0.5, 0.6) is 69.0 Å². The molecule has 2 N–H and O–H groups in total. The summed E-state index contributed by atoms with van der Waals surface area (Å²) in [5, 5.41) is 25.0. The Bertz CT molecular complexity index is 5410. The van der Waals surface area contributed by atoms with Crippen LogP contribution in [0.25, 0.3) is 0 Å². The Morgan fingerprint density at radius 2 is 0.552 bits per heavy atom. The van der Waals surface area contributed by atoms with E-state index in [1.165, 1.54) is 71.9 Å². The molecule has 0 spiro atoms. The van der Waals surface area contributed by atoms with E-state index in [0.29, 0.717) is 33.4 Å². The first-order valence-electron chi connectivity index (χ1n) is 39.9. The van der Waals surface area contributed by atoms with Crippen LogP contribution in [0.4, 0.5) is 0 Å². The number of carboxylic acids is 2. The highest BCUT2D eigenvalue weighted by molar-refractivity contribution is 5.95. The molecule has 646 valence electrons. The molecule has 26 nitrogen and oxygen atoms in total. The van der Waals surface area contributed by atoms with E-state index in [2.05, 4.69) is 0 Å². The van der Waals surface area contributed by atoms with E-state index in [1.54, 1.807) is 48.5 Å². The zero-order valence-electron chi connectivity index (χ0n) is 69.3. The van der Waals surface area contributed by atoms with Crippen LogP contribution in [0, 0.1) is 0 Å². The molecule has 26 heteroatoms. The fraction of sp³-hybridized carbons (Fsp3) is 0.232. The van der Waals surface area contributed by atoms with Crippen molar-refractivity contribution in [2.45, 2.75) is 83.2 Å². The van der Waals surface area contributed by atoms with Crippen LogP contribution in [0.3, 0.4) is 0 Å². The molecule has 0 unspecified atom stereocenters. The van der Waals surface area contributed by atoms with Gasteiger partial charge in [-0.05, 0) is 80.9 Å². The van der Waals surface area contributed by atoms with Gasteiger partial charge in [-0.1, -0.05) is 243 Å². The van der Waals surface area contributed by atoms with Crippen LogP contribution in [0.2, 0.25) is 0 Å². The molecule has 0 aromatic heterocycles. The number of esters is 2. The molecule has 5 atom stereocenters. The summed E-state index contributed by atoms with van der Waals surface area (Å²) in [6, 6.07) is 80.8. The molecule has 0 aliphatic carbocycles. The van der Waals surface area contributed by atoms with Gasteiger partial charge in [0.1, 0.15) is 71.7 Å². The molecule has 12 aromatic rings. The van der Waals surface area contributed by atoms with Crippen LogP contribution < -0.4 is 56.8 Å². The minimum Gasteiger partial charge on any atom is -0.485 e. The number of carbonyl (C=O) groups is 4. The first-order valence-corrected chi connectivity index (χ1v) is 39.9. The molecule has 1 aliphatic heterocycles. The summed E-state index contributed by atoms with van der Waals surface area (Å²) >= 11 is 0. The second-order valence-electron chi connectivity index (χ2n) is 28.4. The van der Waals surface area contributed by atoms with E-state index in [-0.39, 0.29) is 158 Å². The summed E-state index contributed by atoms with van der Waals surface area (Å²) < 4.78 is 129. The van der Waals surface area contributed by atoms with Crippen LogP contribution in [-0.2, 0) is 90.7 Å². The van der Waals surface area contributed by atoms with E-state index in [4.69, 9.17) is 94.7 Å². The van der Waals surface area contributed by atoms with Crippen molar-refractivity contribution in [1.29, 1.82) is 0 Å². The molecule has 1 fully saturated rings. The Morgan fingerprint density at radius 3 is 0.832 bits per heavy atom. The van der Waals surface area contributed by atoms with Gasteiger partial charge in [-0.15, -0.1) is 0 Å². The Kier molecular flexibility index (Phi) is 32.0. The average molecular weight is 1700 g/mol. The number of carboxylic acid groups (broad SMARTS) is 2. The number of methoxy groups -OCH3 is 5. The Morgan fingerprint density at radius 1 is 0.296 bits per heavy atom. The number of aromatic carboxylic acids is 2. The van der Waals surface area contributed by atoms with Gasteiger partial charge in [-0.3, -0.25) is 0 Å². The van der Waals surface area contributed by atoms with Gasteiger partial charge in [-0.25, -0.2) is 19.2 Å². The van der Waals surface area contributed by atoms with Gasteiger partial charge in [0.2, 0.25) is 23.0 Å². The van der Waals surface area contributed by atoms with Gasteiger partial charge in [0.15, 0.2) is 79.5 Å². The van der Waals surface area contributed by atoms with Crippen molar-refractivity contribution in [3.63, 3.8) is 0 Å². The van der Waals surface area contributed by atoms with Crippen molar-refractivity contribution >= 4 is 23.9 Å². The number of benzene rings is 12. The molecule has 1 saturated heterocycles. The second kappa shape index (κ2) is 45.1. The highest BCUT2D eigenvalue weighted by Gasteiger charge is 2.55. The van der Waals surface area contributed by atoms with Crippen molar-refractivity contribution in [1.82, 2.24) is 0 Å². The summed E-state index contributed by atoms with van der Waals surface area (Å²) in [6.07, 6.45) is -5.83. The van der Waals surface area contributed by atoms with Crippen molar-refractivity contribution in [2.75, 3.05) is 69.3 Å². The first kappa shape index (κ1) is 88.7. The molecule has 0 saturated carbocycles. The third-order valence-electron chi connectivity index (χ3n) is 19.8. The van der Waals surface area contributed by atoms with Crippen molar-refractivity contribution in [3.05, 3.63) is 357 Å². The third-order valence-corrected chi connectivity index (χ3v) is 19.8. The first-order chi connectivity index (χ1) is 61.3. The van der Waals surface area contributed by atoms with Crippen molar-refractivity contribution in [3.8, 4) is 69.0 Å². The number of carbonyl (C=O) groups excluding carboxylic acids is 2. The lowest BCUT2D eigenvalue weighted by atomic mass is 9.70. The molecule has 0 amide bonds. The van der Waals surface area contributed by atoms with Crippen LogP contribution in [-0.4, -0.2) is 122 Å². The minimum atomic E-state index is -2.09. The summed E-state index contributed by atoms with van der Waals surface area (Å²) in [6.45, 7) is -3.66. The normalized spacial score (nSPS) is 14.6. The summed E-state index contributed by atoms with van der Waals surface area (Å²) in [5.41, 5.74) is 3.10. The highest BCUT2D eigenvalue weighted by atomic mass is 16.7. The maximum absolute atomic E-state index is 16.7. The summed E-state index contributed by atoms with van der Waals surface area (Å²) in [7, 11) is 6.87. The lowest BCUT2D eigenvalue weighted by Gasteiger charge is -2.47. The lowest BCUT2D eigenvalue weighted by Crippen LogP contribution is -2.53. The van der Waals surface area contributed by atoms with E-state index in [9.17, 15) is 10.2 Å². The van der Waals surface area contributed by atoms with Crippen LogP contribution in [0.15, 0.2) is 279 Å². The third kappa shape index (κ3) is 23.6. The molecule has 12 aromatic carbocycles. The molecule has 13 rings (SSSR count). The lowest BCUT2D eigenvalue weighted by molar-refractivity contribution is -0.237. The smallest absolute Gasteiger partial charge is 0.338 e. The molecular weight excluding hydrogens is 1610 g/mol. The second-order valence-corrected chi connectivity index (χ2v) is 28.4. The summed E-state index contributed by atoms with van der Waals surface area (Å²) in [5.74, 6) is -10.7. The number of hydrogen-bond donors (Lipinski definition) is 2. The Hall–Kier alpha value is -14.1. The fourth-order valence-corrected chi connectivity index (χ4v) is 14.0. The van der Waals surface area contributed by atoms with E-state index >= 15 is 19.2 Å². The van der Waals surface area contributed by atoms with Gasteiger partial charge in [0, 0.05) is 52.6 Å². The fourth-order valence-electron chi connectivity index (χ4n) is 14.0. The van der Waals surface area contributed by atoms with Crippen molar-refractivity contribution in [2.24, 2.45) is 0 Å². The molecule has 1 aliphatic rings. The monoisotopic (exact) mass is 1700 g/mol. The van der Waals surface area contributed by atoms with Gasteiger partial charge in [0.25, 0.3) is 0 Å². The Balaban J connectivity index is 1.11. The van der Waals surface area contributed by atoms with E-state index in [0.717, 1.165) is 11.1 Å². The molecule has 0 radical (unpaired) electrons. The number of ether oxygens (including phenoxy) is 20. The minimum absolute atomic E-state index is 0.00291. The zero-order chi connectivity index (χ0) is 87.1. The predicted octanol–water partition coefficient (Wildman–Crippen LogP) is 18.0. The van der Waals surface area contributed by atoms with Crippen LogP contribution in [0.1, 0.15) is 109 Å². The maximum Gasteiger partial charge on any atom is 0.338 e. The number of rotatable bonds is 46. The van der Waals surface area contributed by atoms with Gasteiger partial charge in [-0.2, -0.15) is 0 Å². The molecule has 1 heterocycles. The SMILES string of the molecule is COCOc1cc(C(=O)OC[C@H]2O[C@H](OC)[C@@H](c3c(C(=O)O)cc(OCc4ccccc4)c(OCc4ccccc4)c3OCc3ccccc3)[C@@H](c3c(C(=O)O)cc(OCc4ccccc4)c(OCc4ccccc4)c3OCc3ccccc3)[C@H]2OC(=O)c2cc(OCOC)c(OCc3ccccc3)c(OCOC)c2)cc(OCOC)c1OCc1ccccc1. The summed E-state index contributed by atoms with van der Waals surface area (Å²) in [4.78, 5) is 63.2. The molecule has 0 bridgehead atoms. The Labute approximate surface area is 722 Å². The standard InChI is InChI=1S/C99H94O26/c1-106-61-120-77-46-73(47-78(121-62-107-2)88(77)113-54-67-34-18-8-19-35-67)97(104)119-60-83-90(125-98(105)74-48-79(122-63-108-3)89(80(49-74)123-64-109-4)114-55-68-36-20-9-21-37-68)86(84-75(95(100)101)50-81(111-52-65-30-14-6-15-31-65)91(115-56-69-38-22-10-23-39-69)93(84)117-58-71-42-26-12-27-43-71)87(99(110-5)124-83)85-76(96(102)103)51-82(112-53-66-32-16-7-17-33-66)92(116-57-70-40-24-11-25-41-70)94(85)118-59-72-44-28-13-29-45-72/h6-51,83,86-87,90,99H,52-64H2,1-5H3,(H,100,101)(H,102,103)/t83-,86-,87+,90+,99+/m1/s1. The van der Waals surface area contributed by atoms with Gasteiger partial charge >= 0.3 is 23.9 Å². The van der Waals surface area contributed by atoms with E-state index in [1.807, 2.05) is 194 Å². The quantitative estimate of drug-likeness (QED) is 0.0265. The predicted molar refractivity (Wildman–Crippen MR) is 457 cm³/mol.